The van der Waals surface area contributed by atoms with E-state index in [1.54, 1.807) is 19.4 Å². The Morgan fingerprint density at radius 1 is 0.787 bits per heavy atom. The van der Waals surface area contributed by atoms with Crippen LogP contribution in [0.2, 0.25) is 0 Å². The minimum atomic E-state index is -0.841. The molecular formula is C37H33N3O7. The number of imide groups is 1. The van der Waals surface area contributed by atoms with E-state index < -0.39 is 12.2 Å². The zero-order valence-corrected chi connectivity index (χ0v) is 25.8. The van der Waals surface area contributed by atoms with Crippen molar-refractivity contribution in [1.29, 1.82) is 0 Å². The largest absolute Gasteiger partial charge is 0.493 e. The number of oxazole rings is 2. The molecular weight excluding hydrogens is 598 g/mol. The monoisotopic (exact) mass is 631 g/mol. The highest BCUT2D eigenvalue weighted by Gasteiger charge is 2.40. The second kappa shape index (κ2) is 14.9. The Kier molecular flexibility index (Phi) is 9.87. The molecule has 0 N–H and O–H groups in total. The van der Waals surface area contributed by atoms with Crippen LogP contribution in [0.5, 0.6) is 11.5 Å². The van der Waals surface area contributed by atoms with Crippen molar-refractivity contribution >= 4 is 36.3 Å². The zero-order valence-electron chi connectivity index (χ0n) is 25.8. The predicted octanol–water partition coefficient (Wildman–Crippen LogP) is 7.46. The summed E-state index contributed by atoms with van der Waals surface area (Å²) in [4.78, 5) is 35.4. The summed E-state index contributed by atoms with van der Waals surface area (Å²) < 4.78 is 27.9. The summed E-state index contributed by atoms with van der Waals surface area (Å²) in [5.41, 5.74) is 4.16. The Morgan fingerprint density at radius 3 is 2.09 bits per heavy atom. The van der Waals surface area contributed by atoms with Crippen molar-refractivity contribution in [3.8, 4) is 11.5 Å². The number of nitrogens with zero attached hydrogens (tertiary/aromatic N) is 3. The number of rotatable bonds is 14. The molecule has 1 aliphatic rings. The first-order chi connectivity index (χ1) is 23.0. The third-order valence-electron chi connectivity index (χ3n) is 7.44. The van der Waals surface area contributed by atoms with Crippen LogP contribution >= 0.6 is 0 Å². The van der Waals surface area contributed by atoms with E-state index in [0.29, 0.717) is 53.9 Å². The van der Waals surface area contributed by atoms with Gasteiger partial charge < -0.3 is 23.0 Å². The van der Waals surface area contributed by atoms with Crippen molar-refractivity contribution in [2.75, 3.05) is 7.11 Å². The van der Waals surface area contributed by atoms with E-state index >= 15 is 0 Å². The minimum absolute atomic E-state index is 0.0183. The van der Waals surface area contributed by atoms with Gasteiger partial charge in [-0.15, -0.1) is 0 Å². The van der Waals surface area contributed by atoms with Crippen molar-refractivity contribution in [3.63, 3.8) is 0 Å². The molecule has 1 aliphatic heterocycles. The second-order valence-corrected chi connectivity index (χ2v) is 10.8. The number of amides is 2. The minimum Gasteiger partial charge on any atom is -0.493 e. The summed E-state index contributed by atoms with van der Waals surface area (Å²) in [6, 6.07) is 25.3. The van der Waals surface area contributed by atoms with Crippen LogP contribution in [0.4, 0.5) is 4.79 Å². The standard InChI is InChI=1S/C37H33N3O7/c1-43-33-21-28(15-18-31(33)44-24-30-25-46-35(39-30)20-17-27-11-6-3-7-12-27)13-8-14-32-36(41)40(37(42)47-32)22-29-23-45-34(38-29)19-16-26-9-4-2-5-10-26/h2-7,9-12,15-21,23,25,32H,8,13-14,22,24H2,1H3. The summed E-state index contributed by atoms with van der Waals surface area (Å²) in [7, 11) is 1.58. The Morgan fingerprint density at radius 2 is 1.43 bits per heavy atom. The highest BCUT2D eigenvalue weighted by molar-refractivity contribution is 5.99. The van der Waals surface area contributed by atoms with Crippen LogP contribution in [0.25, 0.3) is 24.3 Å². The van der Waals surface area contributed by atoms with E-state index in [9.17, 15) is 9.59 Å². The first-order valence-electron chi connectivity index (χ1n) is 15.2. The number of cyclic esters (lactones) is 1. The van der Waals surface area contributed by atoms with Gasteiger partial charge in [0.25, 0.3) is 5.91 Å². The van der Waals surface area contributed by atoms with Gasteiger partial charge in [-0.25, -0.2) is 19.7 Å². The van der Waals surface area contributed by atoms with Gasteiger partial charge in [0.1, 0.15) is 24.8 Å². The van der Waals surface area contributed by atoms with Crippen molar-refractivity contribution in [1.82, 2.24) is 14.9 Å². The highest BCUT2D eigenvalue weighted by atomic mass is 16.6. The number of aryl methyl sites for hydroxylation is 1. The van der Waals surface area contributed by atoms with Gasteiger partial charge in [0.05, 0.1) is 19.3 Å². The van der Waals surface area contributed by atoms with E-state index in [1.165, 1.54) is 6.26 Å². The van der Waals surface area contributed by atoms with E-state index in [4.69, 9.17) is 23.0 Å². The molecule has 1 unspecified atom stereocenters. The van der Waals surface area contributed by atoms with E-state index in [-0.39, 0.29) is 19.1 Å². The number of carbonyl (C=O) groups is 2. The van der Waals surface area contributed by atoms with Crippen LogP contribution in [-0.4, -0.2) is 40.1 Å². The van der Waals surface area contributed by atoms with Crippen LogP contribution in [0.15, 0.2) is 100 Å². The first-order valence-corrected chi connectivity index (χ1v) is 15.2. The first kappa shape index (κ1) is 31.1. The molecule has 5 aromatic rings. The number of benzene rings is 3. The lowest BCUT2D eigenvalue weighted by Gasteiger charge is -2.12. The van der Waals surface area contributed by atoms with E-state index in [1.807, 2.05) is 97.1 Å². The topological polar surface area (TPSA) is 117 Å². The maximum Gasteiger partial charge on any atom is 0.417 e. The zero-order chi connectivity index (χ0) is 32.4. The SMILES string of the molecule is COc1cc(CCCC2OC(=O)N(Cc3coc(C=Cc4ccccc4)n3)C2=O)ccc1OCc1coc(C=Cc2ccccc2)n1. The number of aromatic nitrogens is 2. The second-order valence-electron chi connectivity index (χ2n) is 10.8. The van der Waals surface area contributed by atoms with Crippen molar-refractivity contribution in [2.24, 2.45) is 0 Å². The fourth-order valence-corrected chi connectivity index (χ4v) is 5.02. The molecule has 10 nitrogen and oxygen atoms in total. The predicted molar refractivity (Wildman–Crippen MR) is 175 cm³/mol. The van der Waals surface area contributed by atoms with Gasteiger partial charge in [0, 0.05) is 12.2 Å². The molecule has 3 heterocycles. The van der Waals surface area contributed by atoms with Crippen LogP contribution in [-0.2, 0) is 29.1 Å². The Hall–Kier alpha value is -5.90. The van der Waals surface area contributed by atoms with Crippen molar-refractivity contribution in [3.05, 3.63) is 131 Å². The molecule has 47 heavy (non-hydrogen) atoms. The summed E-state index contributed by atoms with van der Waals surface area (Å²) in [6.07, 6.45) is 10.5. The lowest BCUT2D eigenvalue weighted by Crippen LogP contribution is -2.31. The van der Waals surface area contributed by atoms with E-state index in [2.05, 4.69) is 9.97 Å². The van der Waals surface area contributed by atoms with Gasteiger partial charge in [0.15, 0.2) is 17.6 Å². The number of hydrogen-bond acceptors (Lipinski definition) is 9. The molecule has 3 aromatic carbocycles. The molecule has 0 spiro atoms. The molecule has 0 saturated carbocycles. The number of methoxy groups -OCH3 is 1. The van der Waals surface area contributed by atoms with Crippen LogP contribution in [0.1, 0.15) is 52.7 Å². The van der Waals surface area contributed by atoms with Gasteiger partial charge >= 0.3 is 6.09 Å². The Bertz CT molecular complexity index is 1860. The van der Waals surface area contributed by atoms with Gasteiger partial charge in [-0.2, -0.15) is 0 Å². The molecule has 6 rings (SSSR count). The van der Waals surface area contributed by atoms with Crippen molar-refractivity contribution in [2.45, 2.75) is 38.5 Å². The molecule has 0 radical (unpaired) electrons. The van der Waals surface area contributed by atoms with Crippen LogP contribution < -0.4 is 9.47 Å². The number of hydrogen-bond donors (Lipinski definition) is 0. The Balaban J connectivity index is 0.967. The molecule has 1 saturated heterocycles. The summed E-state index contributed by atoms with van der Waals surface area (Å²) in [5.74, 6) is 1.64. The quantitative estimate of drug-likeness (QED) is 0.123. The molecule has 2 amide bonds. The lowest BCUT2D eigenvalue weighted by atomic mass is 10.0. The third-order valence-corrected chi connectivity index (χ3v) is 7.44. The summed E-state index contributed by atoms with van der Waals surface area (Å²) in [6.45, 7) is 0.194. The molecule has 238 valence electrons. The van der Waals surface area contributed by atoms with Crippen LogP contribution in [0.3, 0.4) is 0 Å². The highest BCUT2D eigenvalue weighted by Crippen LogP contribution is 2.30. The average Bonchev–Trinajstić information content (AvgIpc) is 3.83. The summed E-state index contributed by atoms with van der Waals surface area (Å²) in [5, 5.41) is 0. The normalized spacial score (nSPS) is 14.7. The van der Waals surface area contributed by atoms with Crippen molar-refractivity contribution < 1.29 is 32.6 Å². The maximum absolute atomic E-state index is 13.0. The molecule has 2 aromatic heterocycles. The van der Waals surface area contributed by atoms with Gasteiger partial charge in [-0.1, -0.05) is 66.7 Å². The van der Waals surface area contributed by atoms with Gasteiger partial charge in [-0.3, -0.25) is 4.79 Å². The van der Waals surface area contributed by atoms with Crippen LogP contribution in [0, 0.1) is 0 Å². The molecule has 1 atom stereocenters. The smallest absolute Gasteiger partial charge is 0.417 e. The summed E-state index contributed by atoms with van der Waals surface area (Å²) >= 11 is 0. The Labute approximate surface area is 271 Å². The fourth-order valence-electron chi connectivity index (χ4n) is 5.02. The number of ether oxygens (including phenoxy) is 3. The maximum atomic E-state index is 13.0. The molecule has 1 fully saturated rings. The molecule has 0 bridgehead atoms. The number of carbonyl (C=O) groups excluding carboxylic acids is 2. The third kappa shape index (κ3) is 8.23. The lowest BCUT2D eigenvalue weighted by molar-refractivity contribution is -0.130. The van der Waals surface area contributed by atoms with E-state index in [0.717, 1.165) is 21.6 Å². The molecule has 10 heteroatoms. The van der Waals surface area contributed by atoms with Gasteiger partial charge in [-0.05, 0) is 60.2 Å². The fraction of sp³-hybridized carbons (Fsp3) is 0.189. The average molecular weight is 632 g/mol. The van der Waals surface area contributed by atoms with Gasteiger partial charge in [0.2, 0.25) is 11.8 Å². The molecule has 0 aliphatic carbocycles.